The molecule has 0 aliphatic carbocycles. The Morgan fingerprint density at radius 3 is 1.33 bits per heavy atom. The highest BCUT2D eigenvalue weighted by molar-refractivity contribution is 6.30. The van der Waals surface area contributed by atoms with E-state index in [9.17, 15) is 19.8 Å². The molecule has 98 heavy (non-hydrogen) atoms. The number of carbonyl (C=O) groups excluding carboxylic acids is 1. The lowest BCUT2D eigenvalue weighted by molar-refractivity contribution is -0.494. The Bertz CT molecular complexity index is 3780. The van der Waals surface area contributed by atoms with Gasteiger partial charge in [0.15, 0.2) is 28.5 Å². The van der Waals surface area contributed by atoms with Gasteiger partial charge in [-0.3, -0.25) is 19.8 Å². The minimum atomic E-state index is -1.21. The molecule has 8 aromatic rings. The number of ether oxygens (including phenoxy) is 6. The number of imidazole rings is 2. The average Bonchev–Trinajstić information content (AvgIpc) is 1.64. The van der Waals surface area contributed by atoms with Gasteiger partial charge in [-0.05, 0) is 149 Å². The number of benzene rings is 4. The first-order chi connectivity index (χ1) is 47.1. The topological polar surface area (TPSA) is 376 Å². The van der Waals surface area contributed by atoms with Crippen LogP contribution >= 0.6 is 23.2 Å². The van der Waals surface area contributed by atoms with E-state index < -0.39 is 54.4 Å². The Balaban J connectivity index is 0.000000162. The molecule has 10 heterocycles. The van der Waals surface area contributed by atoms with Crippen LogP contribution in [0.25, 0.3) is 22.1 Å². The Morgan fingerprint density at radius 1 is 0.592 bits per heavy atom. The lowest BCUT2D eigenvalue weighted by Gasteiger charge is -2.33. The van der Waals surface area contributed by atoms with E-state index in [2.05, 4.69) is 46.8 Å². The summed E-state index contributed by atoms with van der Waals surface area (Å²) in [5.41, 5.74) is 13.7. The number of aromatic nitrogens is 6. The molecular formula is C70H84Cl2N10O16. The molecule has 28 heteroatoms. The fraction of sp³-hybridized carbons (Fsp3) is 0.457. The van der Waals surface area contributed by atoms with Gasteiger partial charge in [-0.1, -0.05) is 53.5 Å². The number of fused-ring (bicyclic) bond motifs is 4. The highest BCUT2D eigenvalue weighted by Gasteiger charge is 2.44. The predicted octanol–water partition coefficient (Wildman–Crippen LogP) is 4.46. The molecule has 2 unspecified atom stereocenters. The van der Waals surface area contributed by atoms with E-state index in [1.54, 1.807) is 60.9 Å². The number of quaternary nitrogens is 1. The number of aromatic carboxylic acids is 2. The fourth-order valence-electron chi connectivity index (χ4n) is 12.5. The first kappa shape index (κ1) is 71.6. The van der Waals surface area contributed by atoms with Gasteiger partial charge in [0.25, 0.3) is 11.6 Å². The number of halogens is 2. The summed E-state index contributed by atoms with van der Waals surface area (Å²) in [6, 6.07) is 29.6. The molecule has 0 amide bonds. The molecule has 0 saturated carbocycles. The van der Waals surface area contributed by atoms with E-state index in [1.807, 2.05) is 50.2 Å². The summed E-state index contributed by atoms with van der Waals surface area (Å²) < 4.78 is 41.1. The third-order valence-corrected chi connectivity index (χ3v) is 19.3. The zero-order valence-corrected chi connectivity index (χ0v) is 56.2. The lowest BCUT2D eigenvalue weighted by Crippen LogP contribution is -2.78. The zero-order valence-electron chi connectivity index (χ0n) is 54.7. The number of hydrogen-bond donors (Lipinski definition) is 9. The van der Waals surface area contributed by atoms with E-state index in [-0.39, 0.29) is 43.2 Å². The monoisotopic (exact) mass is 1390 g/mol. The van der Waals surface area contributed by atoms with Crippen LogP contribution in [-0.2, 0) is 47.2 Å². The molecule has 524 valence electrons. The number of aliphatic hydroxyl groups excluding tert-OH is 6. The van der Waals surface area contributed by atoms with Crippen molar-refractivity contribution >= 4 is 57.2 Å². The number of pyridine rings is 2. The molecule has 4 aromatic heterocycles. The number of nitrogens with zero attached hydrogens (tertiary/aromatic N) is 8. The van der Waals surface area contributed by atoms with Gasteiger partial charge in [-0.2, -0.15) is 0 Å². The number of carboxylic acids is 2. The molecule has 4 atom stereocenters. The molecular weight excluding hydrogens is 1310 g/mol. The van der Waals surface area contributed by atoms with Crippen molar-refractivity contribution in [1.82, 2.24) is 38.9 Å². The summed E-state index contributed by atoms with van der Waals surface area (Å²) in [5, 5.41) is 72.4. The van der Waals surface area contributed by atoms with Crippen LogP contribution in [0.3, 0.4) is 0 Å². The van der Waals surface area contributed by atoms with Gasteiger partial charge < -0.3 is 94.7 Å². The summed E-state index contributed by atoms with van der Waals surface area (Å²) in [7, 11) is 0. The number of likely N-dealkylation sites (tertiary alicyclic amines) is 2. The number of rotatable bonds is 20. The van der Waals surface area contributed by atoms with Crippen LogP contribution < -0.4 is 35.5 Å². The molecule has 0 bridgehead atoms. The van der Waals surface area contributed by atoms with Gasteiger partial charge in [-0.15, -0.1) is 0 Å². The van der Waals surface area contributed by atoms with Crippen molar-refractivity contribution in [2.75, 3.05) is 79.0 Å². The van der Waals surface area contributed by atoms with Gasteiger partial charge in [-0.25, -0.2) is 14.8 Å². The Kier molecular flexibility index (Phi) is 22.6. The third kappa shape index (κ3) is 16.1. The van der Waals surface area contributed by atoms with Gasteiger partial charge in [0.2, 0.25) is 0 Å². The second-order valence-corrected chi connectivity index (χ2v) is 27.0. The first-order valence-corrected chi connectivity index (χ1v) is 33.5. The van der Waals surface area contributed by atoms with Gasteiger partial charge in [0.1, 0.15) is 42.9 Å². The second-order valence-electron chi connectivity index (χ2n) is 26.1. The van der Waals surface area contributed by atoms with Gasteiger partial charge in [0.05, 0.1) is 107 Å². The van der Waals surface area contributed by atoms with E-state index in [0.29, 0.717) is 59.4 Å². The number of para-hydroxylation sites is 2. The largest absolute Gasteiger partial charge is 0.545 e. The number of carboxylic acid groups (broad SMARTS) is 2. The maximum atomic E-state index is 11.6. The summed E-state index contributed by atoms with van der Waals surface area (Å²) in [4.78, 5) is 46.7. The van der Waals surface area contributed by atoms with Crippen LogP contribution in [0.2, 0.25) is 10.0 Å². The van der Waals surface area contributed by atoms with Crippen LogP contribution in [-0.4, -0.2) is 189 Å². The maximum absolute atomic E-state index is 11.6. The molecule has 4 aromatic carbocycles. The van der Waals surface area contributed by atoms with E-state index in [4.69, 9.17) is 98.0 Å². The van der Waals surface area contributed by atoms with Crippen molar-refractivity contribution in [3.63, 3.8) is 0 Å². The average molecular weight is 1390 g/mol. The van der Waals surface area contributed by atoms with Crippen molar-refractivity contribution < 1.29 is 84.6 Å². The quantitative estimate of drug-likeness (QED) is 0.0508. The molecule has 4 saturated heterocycles. The van der Waals surface area contributed by atoms with Crippen LogP contribution in [0.1, 0.15) is 119 Å². The second kappa shape index (κ2) is 30.9. The van der Waals surface area contributed by atoms with Crippen molar-refractivity contribution in [3.8, 4) is 23.0 Å². The van der Waals surface area contributed by atoms with Crippen LogP contribution in [0, 0.1) is 0 Å². The van der Waals surface area contributed by atoms with Crippen molar-refractivity contribution in [3.05, 3.63) is 165 Å². The number of nitrogens with two attached hydrogens (primary N) is 1. The maximum Gasteiger partial charge on any atom is 0.335 e. The highest BCUT2D eigenvalue weighted by Crippen LogP contribution is 2.51. The van der Waals surface area contributed by atoms with Crippen LogP contribution in [0.4, 0.5) is 0 Å². The summed E-state index contributed by atoms with van der Waals surface area (Å²) in [6.45, 7) is 9.56. The van der Waals surface area contributed by atoms with Crippen molar-refractivity contribution in [1.29, 1.82) is 0 Å². The molecule has 0 spiro atoms. The Morgan fingerprint density at radius 2 is 1.00 bits per heavy atom. The van der Waals surface area contributed by atoms with Crippen molar-refractivity contribution in [2.45, 2.75) is 125 Å². The SMILES string of the molecule is CC1(c2ccc(Cl)cn2)Oc2cccc(C3CCN(Cc4nc5ccc(C(=O)O)cc5n4C[C@@H]4CCO4)CC3)c2O1.CC1(c2ccc(Cl)cn2)Oc2cccc(C3CCN(Cc4nc5ccc(C(=O)[O-])cc5n4C[C@@H]4CCO4)CC3)c2O1.NC(CO)(CO)CO.[NH3+]C(CO)(CO)CO. The highest BCUT2D eigenvalue weighted by atomic mass is 35.5. The van der Waals surface area contributed by atoms with Gasteiger partial charge in [0, 0.05) is 50.6 Å². The van der Waals surface area contributed by atoms with E-state index >= 15 is 0 Å². The minimum absolute atomic E-state index is 0.125. The predicted molar refractivity (Wildman–Crippen MR) is 358 cm³/mol. The van der Waals surface area contributed by atoms with Crippen molar-refractivity contribution in [2.24, 2.45) is 5.73 Å². The molecule has 12 N–H and O–H groups in total. The molecule has 0 radical (unpaired) electrons. The fourth-order valence-corrected chi connectivity index (χ4v) is 12.7. The smallest absolute Gasteiger partial charge is 0.335 e. The first-order valence-electron chi connectivity index (χ1n) is 32.8. The standard InChI is InChI=1S/2C31H31ClN4O5.2C4H11NO3/c2*1-31(27-8-6-21(32)16-33-27)40-26-4-2-3-23(29(26)41-31)19-9-12-35(13-10-19)18-28-34-24-7-5-20(30(37)38)15-25(24)36(28)17-22-11-14-39-22;2*5-4(1-6,2-7)3-8/h2*2-8,15-16,19,22H,9-14,17-18H2,1H3,(H,37,38);2*6-8H,1-3,5H2/t2*22-,31?;;/m00../s1. The molecule has 6 aliphatic heterocycles. The minimum Gasteiger partial charge on any atom is -0.545 e. The Labute approximate surface area is 575 Å². The summed E-state index contributed by atoms with van der Waals surface area (Å²) >= 11 is 12.1. The molecule has 14 rings (SSSR count). The zero-order chi connectivity index (χ0) is 69.5. The normalized spacial score (nSPS) is 20.9. The Hall–Kier alpha value is -7.64. The number of carbonyl (C=O) groups is 2. The lowest BCUT2D eigenvalue weighted by atomic mass is 9.88. The summed E-state index contributed by atoms with van der Waals surface area (Å²) in [6.07, 6.45) is 9.36. The van der Waals surface area contributed by atoms with E-state index in [0.717, 1.165) is 146 Å². The number of piperidine rings is 2. The van der Waals surface area contributed by atoms with Crippen LogP contribution in [0.5, 0.6) is 23.0 Å². The number of aliphatic hydroxyl groups is 6. The van der Waals surface area contributed by atoms with E-state index in [1.165, 1.54) is 0 Å². The molecule has 6 aliphatic rings. The molecule has 4 fully saturated rings. The van der Waals surface area contributed by atoms with Crippen LogP contribution in [0.15, 0.2) is 109 Å². The molecule has 26 nitrogen and oxygen atoms in total. The van der Waals surface area contributed by atoms with Gasteiger partial charge >= 0.3 is 5.97 Å². The summed E-state index contributed by atoms with van der Waals surface area (Å²) in [5.74, 6) is 1.44. The third-order valence-electron chi connectivity index (χ3n) is 18.8. The number of hydrogen-bond acceptors (Lipinski definition) is 22.